The van der Waals surface area contributed by atoms with E-state index in [1.165, 1.54) is 0 Å². The molecule has 0 aliphatic heterocycles. The molecule has 0 spiro atoms. The molecule has 1 unspecified atom stereocenters. The third-order valence-electron chi connectivity index (χ3n) is 4.11. The molecule has 0 radical (unpaired) electrons. The fourth-order valence-corrected chi connectivity index (χ4v) is 2.90. The van der Waals surface area contributed by atoms with Crippen LogP contribution >= 0.6 is 0 Å². The fourth-order valence-electron chi connectivity index (χ4n) is 2.90. The number of carbonyl (C=O) groups is 1. The summed E-state index contributed by atoms with van der Waals surface area (Å²) in [6.07, 6.45) is -0.634. The number of carbonyl (C=O) groups excluding carboxylic acids is 1. The second-order valence-electron chi connectivity index (χ2n) is 7.23. The van der Waals surface area contributed by atoms with Crippen LogP contribution in [0.4, 0.5) is 5.82 Å². The fraction of sp³-hybridized carbons (Fsp3) is 0.318. The van der Waals surface area contributed by atoms with Crippen LogP contribution in [0.2, 0.25) is 0 Å². The summed E-state index contributed by atoms with van der Waals surface area (Å²) in [5.74, 6) is 1.29. The van der Waals surface area contributed by atoms with Crippen LogP contribution in [0.25, 0.3) is 11.3 Å². The number of aryl methyl sites for hydroxylation is 2. The second kappa shape index (κ2) is 8.77. The van der Waals surface area contributed by atoms with E-state index < -0.39 is 6.10 Å². The smallest absolute Gasteiger partial charge is 0.266 e. The molecule has 1 N–H and O–H groups in total. The molecule has 0 saturated carbocycles. The van der Waals surface area contributed by atoms with Crippen molar-refractivity contribution in [2.24, 2.45) is 0 Å². The summed E-state index contributed by atoms with van der Waals surface area (Å²) in [6, 6.07) is 13.2. The average molecular weight is 395 g/mol. The van der Waals surface area contributed by atoms with Crippen molar-refractivity contribution in [3.05, 3.63) is 53.6 Å². The van der Waals surface area contributed by atoms with Gasteiger partial charge in [0.25, 0.3) is 5.91 Å². The van der Waals surface area contributed by atoms with Crippen LogP contribution in [-0.2, 0) is 4.79 Å². The molecule has 1 amide bonds. The van der Waals surface area contributed by atoms with Crippen LogP contribution < -0.4 is 14.8 Å². The van der Waals surface area contributed by atoms with Crippen LogP contribution in [0.1, 0.15) is 31.9 Å². The van der Waals surface area contributed by atoms with E-state index in [9.17, 15) is 4.79 Å². The number of ether oxygens (including phenoxy) is 2. The lowest BCUT2D eigenvalue weighted by atomic mass is 10.1. The Balaban J connectivity index is 1.69. The first kappa shape index (κ1) is 20.4. The molecular formula is C22H25N3O4. The van der Waals surface area contributed by atoms with Gasteiger partial charge in [-0.3, -0.25) is 4.79 Å². The SMILES string of the molecule is Cc1cc(C)cc(OC(C)C(=O)Nc2nonc2-c2ccc(OC(C)C)cc2)c1. The van der Waals surface area contributed by atoms with Gasteiger partial charge in [-0.15, -0.1) is 0 Å². The van der Waals surface area contributed by atoms with E-state index in [2.05, 4.69) is 15.6 Å². The van der Waals surface area contributed by atoms with E-state index in [-0.39, 0.29) is 17.8 Å². The zero-order chi connectivity index (χ0) is 21.0. The highest BCUT2D eigenvalue weighted by Gasteiger charge is 2.20. The van der Waals surface area contributed by atoms with Crippen molar-refractivity contribution in [3.8, 4) is 22.8 Å². The summed E-state index contributed by atoms with van der Waals surface area (Å²) in [6.45, 7) is 9.57. The van der Waals surface area contributed by atoms with Crippen molar-refractivity contribution >= 4 is 11.7 Å². The van der Waals surface area contributed by atoms with Crippen LogP contribution in [0.5, 0.6) is 11.5 Å². The van der Waals surface area contributed by atoms with Gasteiger partial charge in [-0.05, 0) is 92.5 Å². The molecule has 1 atom stereocenters. The van der Waals surface area contributed by atoms with Gasteiger partial charge in [0.1, 0.15) is 11.5 Å². The molecule has 152 valence electrons. The summed E-state index contributed by atoms with van der Waals surface area (Å²) >= 11 is 0. The van der Waals surface area contributed by atoms with Crippen molar-refractivity contribution in [1.82, 2.24) is 10.3 Å². The van der Waals surface area contributed by atoms with Crippen LogP contribution in [0.3, 0.4) is 0 Å². The van der Waals surface area contributed by atoms with E-state index in [0.29, 0.717) is 11.4 Å². The monoisotopic (exact) mass is 395 g/mol. The highest BCUT2D eigenvalue weighted by molar-refractivity contribution is 5.96. The molecule has 0 bridgehead atoms. The summed E-state index contributed by atoms with van der Waals surface area (Å²) in [7, 11) is 0. The number of rotatable bonds is 7. The van der Waals surface area contributed by atoms with Gasteiger partial charge in [-0.1, -0.05) is 6.07 Å². The number of anilines is 1. The van der Waals surface area contributed by atoms with Gasteiger partial charge in [0.2, 0.25) is 5.82 Å². The first-order chi connectivity index (χ1) is 13.8. The van der Waals surface area contributed by atoms with Crippen molar-refractivity contribution in [2.45, 2.75) is 46.8 Å². The third-order valence-corrected chi connectivity index (χ3v) is 4.11. The molecule has 1 heterocycles. The Morgan fingerprint density at radius 2 is 1.59 bits per heavy atom. The van der Waals surface area contributed by atoms with Gasteiger partial charge < -0.3 is 14.8 Å². The number of nitrogens with zero attached hydrogens (tertiary/aromatic N) is 2. The molecule has 2 aromatic carbocycles. The predicted octanol–water partition coefficient (Wildman–Crippen LogP) is 4.55. The third kappa shape index (κ3) is 5.34. The zero-order valence-electron chi connectivity index (χ0n) is 17.2. The largest absolute Gasteiger partial charge is 0.491 e. The summed E-state index contributed by atoms with van der Waals surface area (Å²) in [4.78, 5) is 12.6. The Labute approximate surface area is 170 Å². The Hall–Kier alpha value is -3.35. The lowest BCUT2D eigenvalue weighted by Crippen LogP contribution is -2.30. The predicted molar refractivity (Wildman–Crippen MR) is 110 cm³/mol. The molecule has 3 aromatic rings. The van der Waals surface area contributed by atoms with Gasteiger partial charge in [0.05, 0.1) is 6.10 Å². The van der Waals surface area contributed by atoms with Crippen LogP contribution in [0, 0.1) is 13.8 Å². The first-order valence-corrected chi connectivity index (χ1v) is 9.47. The minimum Gasteiger partial charge on any atom is -0.491 e. The van der Waals surface area contributed by atoms with Crippen LogP contribution in [-0.4, -0.2) is 28.4 Å². The number of aromatic nitrogens is 2. The number of amides is 1. The van der Waals surface area contributed by atoms with E-state index in [4.69, 9.17) is 14.1 Å². The maximum absolute atomic E-state index is 12.6. The highest BCUT2D eigenvalue weighted by Crippen LogP contribution is 2.27. The second-order valence-corrected chi connectivity index (χ2v) is 7.23. The lowest BCUT2D eigenvalue weighted by Gasteiger charge is -2.15. The maximum Gasteiger partial charge on any atom is 0.266 e. The molecule has 0 aliphatic carbocycles. The van der Waals surface area contributed by atoms with Gasteiger partial charge in [-0.25, -0.2) is 4.63 Å². The molecule has 7 nitrogen and oxygen atoms in total. The van der Waals surface area contributed by atoms with Crippen molar-refractivity contribution in [2.75, 3.05) is 5.32 Å². The molecular weight excluding hydrogens is 370 g/mol. The number of hydrogen-bond acceptors (Lipinski definition) is 6. The van der Waals surface area contributed by atoms with E-state index in [1.807, 2.05) is 70.2 Å². The molecule has 3 rings (SSSR count). The number of hydrogen-bond donors (Lipinski definition) is 1. The molecule has 0 saturated heterocycles. The molecule has 1 aromatic heterocycles. The maximum atomic E-state index is 12.6. The zero-order valence-corrected chi connectivity index (χ0v) is 17.2. The Morgan fingerprint density at radius 1 is 0.931 bits per heavy atom. The van der Waals surface area contributed by atoms with Gasteiger partial charge >= 0.3 is 0 Å². The first-order valence-electron chi connectivity index (χ1n) is 9.47. The Kier molecular flexibility index (Phi) is 6.16. The lowest BCUT2D eigenvalue weighted by molar-refractivity contribution is -0.122. The minimum absolute atomic E-state index is 0.0862. The molecule has 0 fully saturated rings. The summed E-state index contributed by atoms with van der Waals surface area (Å²) < 4.78 is 16.3. The van der Waals surface area contributed by atoms with Gasteiger partial charge in [-0.2, -0.15) is 0 Å². The molecule has 29 heavy (non-hydrogen) atoms. The standard InChI is InChI=1S/C22H25N3O4/c1-13(2)27-18-8-6-17(7-9-18)20-21(25-29-24-20)23-22(26)16(5)28-19-11-14(3)10-15(4)12-19/h6-13,16H,1-5H3,(H,23,25,26). The molecule has 7 heteroatoms. The highest BCUT2D eigenvalue weighted by atomic mass is 16.6. The van der Waals surface area contributed by atoms with Crippen molar-refractivity contribution in [3.63, 3.8) is 0 Å². The average Bonchev–Trinajstić information content (AvgIpc) is 3.09. The number of benzene rings is 2. The Bertz CT molecular complexity index is 960. The quantitative estimate of drug-likeness (QED) is 0.632. The minimum atomic E-state index is -0.720. The summed E-state index contributed by atoms with van der Waals surface area (Å²) in [5.41, 5.74) is 3.33. The topological polar surface area (TPSA) is 86.5 Å². The van der Waals surface area contributed by atoms with E-state index in [0.717, 1.165) is 22.4 Å². The van der Waals surface area contributed by atoms with Crippen molar-refractivity contribution < 1.29 is 18.9 Å². The van der Waals surface area contributed by atoms with Crippen molar-refractivity contribution in [1.29, 1.82) is 0 Å². The van der Waals surface area contributed by atoms with Gasteiger partial charge in [0.15, 0.2) is 11.8 Å². The normalized spacial score (nSPS) is 11.9. The van der Waals surface area contributed by atoms with E-state index in [1.54, 1.807) is 6.92 Å². The molecule has 0 aliphatic rings. The van der Waals surface area contributed by atoms with Gasteiger partial charge in [0, 0.05) is 5.56 Å². The number of nitrogens with one attached hydrogen (secondary N) is 1. The summed E-state index contributed by atoms with van der Waals surface area (Å²) in [5, 5.41) is 10.5. The van der Waals surface area contributed by atoms with E-state index >= 15 is 0 Å². The Morgan fingerprint density at radius 3 is 2.21 bits per heavy atom. The van der Waals surface area contributed by atoms with Crippen LogP contribution in [0.15, 0.2) is 47.1 Å².